The summed E-state index contributed by atoms with van der Waals surface area (Å²) < 4.78 is 23.5. The average Bonchev–Trinajstić information content (AvgIpc) is 2.21. The summed E-state index contributed by atoms with van der Waals surface area (Å²) in [6.07, 6.45) is -2.50. The minimum absolute atomic E-state index is 0.0676. The molecule has 0 radical (unpaired) electrons. The lowest BCUT2D eigenvalue weighted by molar-refractivity contribution is -0.155. The SMILES string of the molecule is CCOC(=O)C(F)C1(N)CN(C(=O)OC(C)(C)C)C1. The lowest BCUT2D eigenvalue weighted by Gasteiger charge is -2.47. The number of halogens is 1. The predicted octanol–water partition coefficient (Wildman–Crippen LogP) is 0.836. The molecule has 0 aromatic carbocycles. The van der Waals surface area contributed by atoms with Gasteiger partial charge in [-0.15, -0.1) is 0 Å². The second-order valence-corrected chi connectivity index (χ2v) is 5.68. The van der Waals surface area contributed by atoms with Gasteiger partial charge < -0.3 is 20.1 Å². The molecule has 1 atom stereocenters. The highest BCUT2D eigenvalue weighted by atomic mass is 19.1. The molecule has 1 amide bonds. The maximum Gasteiger partial charge on any atom is 0.410 e. The van der Waals surface area contributed by atoms with Crippen molar-refractivity contribution in [3.63, 3.8) is 0 Å². The van der Waals surface area contributed by atoms with Crippen molar-refractivity contribution in [2.45, 2.75) is 45.0 Å². The fourth-order valence-electron chi connectivity index (χ4n) is 1.73. The summed E-state index contributed by atoms with van der Waals surface area (Å²) in [6, 6.07) is 0. The molecule has 0 aromatic rings. The van der Waals surface area contributed by atoms with Crippen LogP contribution < -0.4 is 5.73 Å². The topological polar surface area (TPSA) is 81.9 Å². The van der Waals surface area contributed by atoms with Crippen molar-refractivity contribution in [1.82, 2.24) is 4.90 Å². The molecule has 1 heterocycles. The minimum Gasteiger partial charge on any atom is -0.464 e. The number of amides is 1. The number of carbonyl (C=O) groups is 2. The Morgan fingerprint density at radius 1 is 1.42 bits per heavy atom. The first-order valence-corrected chi connectivity index (χ1v) is 6.16. The van der Waals surface area contributed by atoms with Crippen LogP contribution in [-0.4, -0.2) is 54.0 Å². The summed E-state index contributed by atoms with van der Waals surface area (Å²) in [6.45, 7) is 6.74. The average molecular weight is 276 g/mol. The second-order valence-electron chi connectivity index (χ2n) is 5.68. The summed E-state index contributed by atoms with van der Waals surface area (Å²) in [4.78, 5) is 24.2. The molecule has 6 nitrogen and oxygen atoms in total. The van der Waals surface area contributed by atoms with E-state index in [-0.39, 0.29) is 19.7 Å². The lowest BCUT2D eigenvalue weighted by atomic mass is 9.86. The molecule has 1 rings (SSSR count). The molecule has 0 aliphatic carbocycles. The van der Waals surface area contributed by atoms with Gasteiger partial charge in [-0.25, -0.2) is 14.0 Å². The summed E-state index contributed by atoms with van der Waals surface area (Å²) in [5.41, 5.74) is 3.73. The van der Waals surface area contributed by atoms with E-state index in [1.807, 2.05) is 0 Å². The molecule has 0 spiro atoms. The summed E-state index contributed by atoms with van der Waals surface area (Å²) in [5.74, 6) is -0.992. The van der Waals surface area contributed by atoms with E-state index in [0.29, 0.717) is 0 Å². The number of likely N-dealkylation sites (tertiary alicyclic amines) is 1. The molecule has 1 aliphatic heterocycles. The van der Waals surface area contributed by atoms with E-state index in [0.717, 1.165) is 0 Å². The zero-order valence-corrected chi connectivity index (χ0v) is 11.7. The van der Waals surface area contributed by atoms with Crippen LogP contribution in [0, 0.1) is 0 Å². The van der Waals surface area contributed by atoms with Gasteiger partial charge in [-0.2, -0.15) is 0 Å². The third-order valence-corrected chi connectivity index (χ3v) is 2.62. The van der Waals surface area contributed by atoms with E-state index >= 15 is 0 Å². The third kappa shape index (κ3) is 3.79. The number of alkyl halides is 1. The standard InChI is InChI=1S/C12H21FN2O4/c1-5-18-9(16)8(13)12(14)6-15(7-12)10(17)19-11(2,3)4/h8H,5-7,14H2,1-4H3. The molecular weight excluding hydrogens is 255 g/mol. The number of nitrogens with two attached hydrogens (primary N) is 1. The van der Waals surface area contributed by atoms with Gasteiger partial charge in [0.15, 0.2) is 0 Å². The smallest absolute Gasteiger partial charge is 0.410 e. The van der Waals surface area contributed by atoms with E-state index in [1.165, 1.54) is 4.90 Å². The molecule has 1 saturated heterocycles. The molecule has 19 heavy (non-hydrogen) atoms. The van der Waals surface area contributed by atoms with E-state index < -0.39 is 29.4 Å². The Morgan fingerprint density at radius 3 is 2.37 bits per heavy atom. The van der Waals surface area contributed by atoms with Gasteiger partial charge in [0, 0.05) is 13.1 Å². The Labute approximate surface area is 112 Å². The van der Waals surface area contributed by atoms with Crippen LogP contribution in [0.4, 0.5) is 9.18 Å². The molecular formula is C12H21FN2O4. The first-order chi connectivity index (χ1) is 8.59. The van der Waals surface area contributed by atoms with Crippen LogP contribution in [0.15, 0.2) is 0 Å². The van der Waals surface area contributed by atoms with Crippen LogP contribution in [0.3, 0.4) is 0 Å². The van der Waals surface area contributed by atoms with Crippen molar-refractivity contribution in [1.29, 1.82) is 0 Å². The monoisotopic (exact) mass is 276 g/mol. The van der Waals surface area contributed by atoms with E-state index in [4.69, 9.17) is 10.5 Å². The zero-order valence-electron chi connectivity index (χ0n) is 11.7. The Hall–Kier alpha value is -1.37. The minimum atomic E-state index is -1.94. The van der Waals surface area contributed by atoms with Crippen LogP contribution >= 0.6 is 0 Å². The van der Waals surface area contributed by atoms with Gasteiger partial charge in [-0.1, -0.05) is 0 Å². The van der Waals surface area contributed by atoms with Gasteiger partial charge in [-0.05, 0) is 27.7 Å². The maximum atomic E-state index is 13.8. The van der Waals surface area contributed by atoms with Crippen LogP contribution in [0.5, 0.6) is 0 Å². The Bertz CT molecular complexity index is 361. The van der Waals surface area contributed by atoms with Crippen molar-refractivity contribution >= 4 is 12.1 Å². The van der Waals surface area contributed by atoms with Crippen LogP contribution in [0.1, 0.15) is 27.7 Å². The number of nitrogens with zero attached hydrogens (tertiary/aromatic N) is 1. The molecule has 110 valence electrons. The van der Waals surface area contributed by atoms with Crippen molar-refractivity contribution in [2.75, 3.05) is 19.7 Å². The van der Waals surface area contributed by atoms with Gasteiger partial charge in [0.2, 0.25) is 6.17 Å². The van der Waals surface area contributed by atoms with E-state index in [2.05, 4.69) is 4.74 Å². The largest absolute Gasteiger partial charge is 0.464 e. The summed E-state index contributed by atoms with van der Waals surface area (Å²) >= 11 is 0. The molecule has 0 saturated carbocycles. The second kappa shape index (κ2) is 5.32. The number of rotatable bonds is 3. The van der Waals surface area contributed by atoms with Crippen molar-refractivity contribution in [3.8, 4) is 0 Å². The third-order valence-electron chi connectivity index (χ3n) is 2.62. The van der Waals surface area contributed by atoms with E-state index in [9.17, 15) is 14.0 Å². The fraction of sp³-hybridized carbons (Fsp3) is 0.833. The van der Waals surface area contributed by atoms with Crippen LogP contribution in [0.25, 0.3) is 0 Å². The van der Waals surface area contributed by atoms with Crippen molar-refractivity contribution in [3.05, 3.63) is 0 Å². The number of hydrogen-bond donors (Lipinski definition) is 1. The summed E-state index contributed by atoms with van der Waals surface area (Å²) in [7, 11) is 0. The Balaban J connectivity index is 2.51. The molecule has 1 fully saturated rings. The van der Waals surface area contributed by atoms with Crippen molar-refractivity contribution < 1.29 is 23.5 Å². The highest BCUT2D eigenvalue weighted by Gasteiger charge is 2.52. The molecule has 0 aromatic heterocycles. The zero-order chi connectivity index (χ0) is 14.8. The first kappa shape index (κ1) is 15.7. The molecule has 7 heteroatoms. The summed E-state index contributed by atoms with van der Waals surface area (Å²) in [5, 5.41) is 0. The van der Waals surface area contributed by atoms with Gasteiger partial charge >= 0.3 is 12.1 Å². The predicted molar refractivity (Wildman–Crippen MR) is 66.3 cm³/mol. The van der Waals surface area contributed by atoms with Gasteiger partial charge in [0.1, 0.15) is 5.60 Å². The Morgan fingerprint density at radius 2 is 1.95 bits per heavy atom. The normalized spacial score (nSPS) is 19.4. The highest BCUT2D eigenvalue weighted by molar-refractivity contribution is 5.78. The lowest BCUT2D eigenvalue weighted by Crippen LogP contribution is -2.74. The van der Waals surface area contributed by atoms with E-state index in [1.54, 1.807) is 27.7 Å². The van der Waals surface area contributed by atoms with Gasteiger partial charge in [-0.3, -0.25) is 0 Å². The fourth-order valence-corrected chi connectivity index (χ4v) is 1.73. The maximum absolute atomic E-state index is 13.8. The number of esters is 1. The molecule has 1 aliphatic rings. The molecule has 2 N–H and O–H groups in total. The molecule has 0 bridgehead atoms. The highest BCUT2D eigenvalue weighted by Crippen LogP contribution is 2.26. The number of carbonyl (C=O) groups excluding carboxylic acids is 2. The first-order valence-electron chi connectivity index (χ1n) is 6.16. The van der Waals surface area contributed by atoms with Crippen molar-refractivity contribution in [2.24, 2.45) is 5.73 Å². The number of hydrogen-bond acceptors (Lipinski definition) is 5. The Kier molecular flexibility index (Phi) is 4.39. The van der Waals surface area contributed by atoms with Crippen LogP contribution in [0.2, 0.25) is 0 Å². The quantitative estimate of drug-likeness (QED) is 0.772. The van der Waals surface area contributed by atoms with Gasteiger partial charge in [0.05, 0.1) is 12.1 Å². The molecule has 1 unspecified atom stereocenters. The van der Waals surface area contributed by atoms with Crippen LogP contribution in [-0.2, 0) is 14.3 Å². The number of ether oxygens (including phenoxy) is 2. The van der Waals surface area contributed by atoms with Gasteiger partial charge in [0.25, 0.3) is 0 Å².